The van der Waals surface area contributed by atoms with Gasteiger partial charge in [0.15, 0.2) is 0 Å². The highest BCUT2D eigenvalue weighted by Gasteiger charge is 2.23. The van der Waals surface area contributed by atoms with Crippen LogP contribution in [0.25, 0.3) is 12.2 Å². The fourth-order valence-corrected chi connectivity index (χ4v) is 5.32. The maximum atomic E-state index is 13.9. The number of aryl methyl sites for hydroxylation is 1. The van der Waals surface area contributed by atoms with Crippen LogP contribution in [0.1, 0.15) is 73.6 Å². The van der Waals surface area contributed by atoms with Crippen LogP contribution in [0.4, 0.5) is 4.39 Å². The molecule has 3 aromatic carbocycles. The van der Waals surface area contributed by atoms with E-state index in [4.69, 9.17) is 11.6 Å². The third kappa shape index (κ3) is 7.05. The Kier molecular flexibility index (Phi) is 8.40. The van der Waals surface area contributed by atoms with E-state index in [1.54, 1.807) is 18.2 Å². The van der Waals surface area contributed by atoms with E-state index < -0.39 is 0 Å². The van der Waals surface area contributed by atoms with Crippen molar-refractivity contribution in [1.29, 1.82) is 0 Å². The fraction of sp³-hybridized carbons (Fsp3) is 0.355. The van der Waals surface area contributed by atoms with E-state index in [9.17, 15) is 4.39 Å². The van der Waals surface area contributed by atoms with E-state index in [-0.39, 0.29) is 5.82 Å². The van der Waals surface area contributed by atoms with Gasteiger partial charge in [-0.05, 0) is 65.8 Å². The van der Waals surface area contributed by atoms with E-state index in [2.05, 4.69) is 61.5 Å². The minimum Gasteiger partial charge on any atom is -0.206 e. The molecule has 172 valence electrons. The fourth-order valence-electron chi connectivity index (χ4n) is 5.16. The highest BCUT2D eigenvalue weighted by atomic mass is 35.5. The number of rotatable bonds is 8. The van der Waals surface area contributed by atoms with Crippen molar-refractivity contribution >= 4 is 23.8 Å². The summed E-state index contributed by atoms with van der Waals surface area (Å²) in [5, 5.41) is 0.421. The normalized spacial score (nSPS) is 19.6. The second kappa shape index (κ2) is 11.7. The van der Waals surface area contributed by atoms with Crippen molar-refractivity contribution in [3.63, 3.8) is 0 Å². The van der Waals surface area contributed by atoms with Crippen LogP contribution in [0.2, 0.25) is 5.02 Å². The molecule has 0 bridgehead atoms. The Labute approximate surface area is 203 Å². The lowest BCUT2D eigenvalue weighted by molar-refractivity contribution is 0.245. The SMILES string of the molecule is C[C@@H](CC1CCC(CCc2ccc(C=Cc3ccc(Cl)cc3F)cc2)CC1)c1ccccc1. The Bertz CT molecular complexity index is 1030. The molecule has 3 aromatic rings. The van der Waals surface area contributed by atoms with Gasteiger partial charge in [-0.25, -0.2) is 4.39 Å². The summed E-state index contributed by atoms with van der Waals surface area (Å²) in [6.07, 6.45) is 13.0. The molecule has 0 nitrogen and oxygen atoms in total. The van der Waals surface area contributed by atoms with Gasteiger partial charge in [0.05, 0.1) is 0 Å². The van der Waals surface area contributed by atoms with E-state index in [1.807, 2.05) is 6.08 Å². The van der Waals surface area contributed by atoms with Gasteiger partial charge in [0.2, 0.25) is 0 Å². The van der Waals surface area contributed by atoms with Crippen LogP contribution in [0, 0.1) is 17.7 Å². The Morgan fingerprint density at radius 2 is 1.58 bits per heavy atom. The van der Waals surface area contributed by atoms with Crippen molar-refractivity contribution in [2.45, 2.75) is 57.8 Å². The number of hydrogen-bond acceptors (Lipinski definition) is 0. The molecule has 1 atom stereocenters. The third-order valence-corrected chi connectivity index (χ3v) is 7.50. The van der Waals surface area contributed by atoms with Crippen molar-refractivity contribution in [3.05, 3.63) is 106 Å². The molecule has 1 fully saturated rings. The average Bonchev–Trinajstić information content (AvgIpc) is 2.84. The number of halogens is 2. The van der Waals surface area contributed by atoms with Gasteiger partial charge >= 0.3 is 0 Å². The standard InChI is InChI=1S/C31H34ClF/c1-23(28-5-3-2-4-6-28)21-27-15-13-25(14-16-27)8-7-24-9-11-26(12-10-24)17-18-29-19-20-30(32)22-31(29)33/h2-6,9-12,17-20,22-23,25,27H,7-8,13-16,21H2,1H3/t23-,25?,27?/m0/s1. The number of hydrogen-bond donors (Lipinski definition) is 0. The molecule has 0 amide bonds. The summed E-state index contributed by atoms with van der Waals surface area (Å²) in [6, 6.07) is 24.4. The summed E-state index contributed by atoms with van der Waals surface area (Å²) in [4.78, 5) is 0. The van der Waals surface area contributed by atoms with E-state index in [0.29, 0.717) is 16.5 Å². The Morgan fingerprint density at radius 3 is 2.27 bits per heavy atom. The molecule has 0 aliphatic heterocycles. The van der Waals surface area contributed by atoms with Crippen LogP contribution >= 0.6 is 11.6 Å². The first-order valence-electron chi connectivity index (χ1n) is 12.3. The summed E-state index contributed by atoms with van der Waals surface area (Å²) in [6.45, 7) is 2.38. The van der Waals surface area contributed by atoms with Gasteiger partial charge in [-0.2, -0.15) is 0 Å². The zero-order valence-electron chi connectivity index (χ0n) is 19.5. The molecular formula is C31H34ClF. The molecular weight excluding hydrogens is 427 g/mol. The Morgan fingerprint density at radius 1 is 0.879 bits per heavy atom. The molecule has 1 aliphatic carbocycles. The van der Waals surface area contributed by atoms with Gasteiger partial charge in [0.1, 0.15) is 5.82 Å². The first-order chi connectivity index (χ1) is 16.1. The summed E-state index contributed by atoms with van der Waals surface area (Å²) < 4.78 is 13.9. The van der Waals surface area contributed by atoms with Crippen LogP contribution in [0.5, 0.6) is 0 Å². The van der Waals surface area contributed by atoms with Crippen LogP contribution in [-0.2, 0) is 6.42 Å². The van der Waals surface area contributed by atoms with Gasteiger partial charge in [0, 0.05) is 10.6 Å². The monoisotopic (exact) mass is 460 g/mol. The molecule has 2 heteroatoms. The summed E-state index contributed by atoms with van der Waals surface area (Å²) in [5.74, 6) is 2.12. The lowest BCUT2D eigenvalue weighted by atomic mass is 9.76. The molecule has 33 heavy (non-hydrogen) atoms. The largest absolute Gasteiger partial charge is 0.206 e. The van der Waals surface area contributed by atoms with Crippen molar-refractivity contribution < 1.29 is 4.39 Å². The molecule has 1 saturated carbocycles. The number of benzene rings is 3. The van der Waals surface area contributed by atoms with Gasteiger partial charge in [-0.3, -0.25) is 0 Å². The van der Waals surface area contributed by atoms with Crippen molar-refractivity contribution in [1.82, 2.24) is 0 Å². The van der Waals surface area contributed by atoms with Crippen LogP contribution in [-0.4, -0.2) is 0 Å². The quantitative estimate of drug-likeness (QED) is 0.293. The molecule has 4 rings (SSSR count). The van der Waals surface area contributed by atoms with E-state index >= 15 is 0 Å². The zero-order chi connectivity index (χ0) is 23.0. The first kappa shape index (κ1) is 23.8. The lowest BCUT2D eigenvalue weighted by Gasteiger charge is -2.30. The molecule has 0 radical (unpaired) electrons. The summed E-state index contributed by atoms with van der Waals surface area (Å²) >= 11 is 5.82. The van der Waals surface area contributed by atoms with Crippen molar-refractivity contribution in [2.24, 2.45) is 11.8 Å². The Hall–Kier alpha value is -2.38. The summed E-state index contributed by atoms with van der Waals surface area (Å²) in [7, 11) is 0. The van der Waals surface area contributed by atoms with Gasteiger partial charge in [-0.15, -0.1) is 0 Å². The second-order valence-corrected chi connectivity index (χ2v) is 10.2. The van der Waals surface area contributed by atoms with E-state index in [1.165, 1.54) is 55.7 Å². The minimum atomic E-state index is -0.292. The molecule has 0 unspecified atom stereocenters. The summed E-state index contributed by atoms with van der Waals surface area (Å²) in [5.41, 5.74) is 4.51. The van der Waals surface area contributed by atoms with Gasteiger partial charge in [-0.1, -0.05) is 117 Å². The van der Waals surface area contributed by atoms with Gasteiger partial charge in [0.25, 0.3) is 0 Å². The van der Waals surface area contributed by atoms with Crippen molar-refractivity contribution in [3.8, 4) is 0 Å². The van der Waals surface area contributed by atoms with Crippen LogP contribution in [0.15, 0.2) is 72.8 Å². The smallest absolute Gasteiger partial charge is 0.131 e. The average molecular weight is 461 g/mol. The molecule has 0 N–H and O–H groups in total. The molecule has 0 aromatic heterocycles. The van der Waals surface area contributed by atoms with Crippen LogP contribution < -0.4 is 0 Å². The van der Waals surface area contributed by atoms with E-state index in [0.717, 1.165) is 23.8 Å². The molecule has 0 spiro atoms. The maximum absolute atomic E-state index is 13.9. The van der Waals surface area contributed by atoms with Crippen molar-refractivity contribution in [2.75, 3.05) is 0 Å². The molecule has 1 aliphatic rings. The predicted octanol–water partition coefficient (Wildman–Crippen LogP) is 9.58. The highest BCUT2D eigenvalue weighted by Crippen LogP contribution is 2.37. The Balaban J connectivity index is 1.20. The second-order valence-electron chi connectivity index (χ2n) is 9.71. The lowest BCUT2D eigenvalue weighted by Crippen LogP contribution is -2.16. The van der Waals surface area contributed by atoms with Crippen LogP contribution in [0.3, 0.4) is 0 Å². The zero-order valence-corrected chi connectivity index (χ0v) is 20.3. The topological polar surface area (TPSA) is 0 Å². The molecule has 0 heterocycles. The maximum Gasteiger partial charge on any atom is 0.131 e. The third-order valence-electron chi connectivity index (χ3n) is 7.26. The van der Waals surface area contributed by atoms with Gasteiger partial charge < -0.3 is 0 Å². The molecule has 0 saturated heterocycles. The first-order valence-corrected chi connectivity index (χ1v) is 12.7. The highest BCUT2D eigenvalue weighted by molar-refractivity contribution is 6.30. The minimum absolute atomic E-state index is 0.292. The predicted molar refractivity (Wildman–Crippen MR) is 140 cm³/mol.